The third-order valence-corrected chi connectivity index (χ3v) is 3.82. The van der Waals surface area contributed by atoms with Gasteiger partial charge < -0.3 is 4.42 Å². The third-order valence-electron chi connectivity index (χ3n) is 3.23. The van der Waals surface area contributed by atoms with E-state index in [1.54, 1.807) is 0 Å². The van der Waals surface area contributed by atoms with Crippen LogP contribution >= 0.6 is 11.6 Å². The number of benzene rings is 2. The monoisotopic (exact) mass is 271 g/mol. The lowest BCUT2D eigenvalue weighted by molar-refractivity contribution is 0.619. The van der Waals surface area contributed by atoms with Gasteiger partial charge in [-0.15, -0.1) is 0 Å². The maximum Gasteiger partial charge on any atom is 0.227 e. The molecule has 0 aliphatic heterocycles. The van der Waals surface area contributed by atoms with Crippen LogP contribution < -0.4 is 0 Å². The van der Waals surface area contributed by atoms with Crippen LogP contribution in [0.2, 0.25) is 5.02 Å². The van der Waals surface area contributed by atoms with Gasteiger partial charge in [0.05, 0.1) is 0 Å². The first kappa shape index (κ1) is 12.2. The maximum atomic E-state index is 6.19. The van der Waals surface area contributed by atoms with Crippen LogP contribution in [0, 0.1) is 20.8 Å². The minimum absolute atomic E-state index is 0.642. The van der Waals surface area contributed by atoms with Crippen molar-refractivity contribution in [2.45, 2.75) is 20.8 Å². The lowest BCUT2D eigenvalue weighted by Gasteiger charge is -2.04. The predicted octanol–water partition coefficient (Wildman–Crippen LogP) is 5.07. The summed E-state index contributed by atoms with van der Waals surface area (Å²) in [5, 5.41) is 0.802. The fourth-order valence-electron chi connectivity index (χ4n) is 2.23. The van der Waals surface area contributed by atoms with Crippen molar-refractivity contribution >= 4 is 22.7 Å². The smallest absolute Gasteiger partial charge is 0.227 e. The van der Waals surface area contributed by atoms with Crippen LogP contribution in [0.5, 0.6) is 0 Å². The van der Waals surface area contributed by atoms with E-state index in [2.05, 4.69) is 4.98 Å². The second kappa shape index (κ2) is 4.39. The molecule has 0 N–H and O–H groups in total. The van der Waals surface area contributed by atoms with Gasteiger partial charge >= 0.3 is 0 Å². The number of hydrogen-bond acceptors (Lipinski definition) is 2. The van der Waals surface area contributed by atoms with Crippen molar-refractivity contribution < 1.29 is 4.42 Å². The van der Waals surface area contributed by atoms with Crippen LogP contribution in [-0.4, -0.2) is 4.98 Å². The molecular formula is C16H14ClNO. The lowest BCUT2D eigenvalue weighted by Crippen LogP contribution is -1.85. The van der Waals surface area contributed by atoms with Crippen LogP contribution in [-0.2, 0) is 0 Å². The van der Waals surface area contributed by atoms with Gasteiger partial charge in [-0.2, -0.15) is 0 Å². The van der Waals surface area contributed by atoms with Gasteiger partial charge in [-0.3, -0.25) is 0 Å². The Bertz CT molecular complexity index is 751. The molecule has 0 radical (unpaired) electrons. The minimum Gasteiger partial charge on any atom is -0.436 e. The maximum absolute atomic E-state index is 6.19. The molecule has 96 valence electrons. The highest BCUT2D eigenvalue weighted by atomic mass is 35.5. The molecule has 0 saturated carbocycles. The van der Waals surface area contributed by atoms with E-state index in [4.69, 9.17) is 16.0 Å². The van der Waals surface area contributed by atoms with E-state index in [0.29, 0.717) is 5.89 Å². The predicted molar refractivity (Wildman–Crippen MR) is 78.7 cm³/mol. The van der Waals surface area contributed by atoms with Crippen LogP contribution in [0.4, 0.5) is 0 Å². The zero-order valence-corrected chi connectivity index (χ0v) is 11.9. The molecule has 1 aromatic heterocycles. The fraction of sp³-hybridized carbons (Fsp3) is 0.188. The Kier molecular flexibility index (Phi) is 2.83. The normalized spacial score (nSPS) is 11.2. The van der Waals surface area contributed by atoms with Gasteiger partial charge in [-0.05, 0) is 61.7 Å². The van der Waals surface area contributed by atoms with Crippen molar-refractivity contribution in [2.75, 3.05) is 0 Å². The molecule has 0 fully saturated rings. The summed E-state index contributed by atoms with van der Waals surface area (Å²) in [4.78, 5) is 4.55. The first-order valence-electron chi connectivity index (χ1n) is 6.19. The highest BCUT2D eigenvalue weighted by Crippen LogP contribution is 2.30. The van der Waals surface area contributed by atoms with Crippen LogP contribution in [0.25, 0.3) is 22.6 Å². The molecule has 0 amide bonds. The van der Waals surface area contributed by atoms with Gasteiger partial charge in [0.1, 0.15) is 5.52 Å². The Morgan fingerprint density at radius 3 is 2.37 bits per heavy atom. The van der Waals surface area contributed by atoms with Crippen molar-refractivity contribution in [1.29, 1.82) is 0 Å². The second-order valence-corrected chi connectivity index (χ2v) is 5.29. The molecule has 0 spiro atoms. The summed E-state index contributed by atoms with van der Waals surface area (Å²) in [5.41, 5.74) is 5.92. The van der Waals surface area contributed by atoms with E-state index in [-0.39, 0.29) is 0 Å². The average Bonchev–Trinajstić information content (AvgIpc) is 2.78. The van der Waals surface area contributed by atoms with E-state index >= 15 is 0 Å². The number of hydrogen-bond donors (Lipinski definition) is 0. The van der Waals surface area contributed by atoms with Gasteiger partial charge in [0.2, 0.25) is 5.89 Å². The van der Waals surface area contributed by atoms with E-state index in [1.165, 1.54) is 5.56 Å². The Morgan fingerprint density at radius 1 is 1.00 bits per heavy atom. The van der Waals surface area contributed by atoms with Gasteiger partial charge in [0.25, 0.3) is 0 Å². The molecule has 3 heteroatoms. The highest BCUT2D eigenvalue weighted by molar-refractivity contribution is 6.32. The number of nitrogens with zero attached hydrogens (tertiary/aromatic N) is 1. The van der Waals surface area contributed by atoms with E-state index < -0.39 is 0 Å². The Morgan fingerprint density at radius 2 is 1.68 bits per heavy atom. The van der Waals surface area contributed by atoms with Gasteiger partial charge in [0, 0.05) is 10.6 Å². The quantitative estimate of drug-likeness (QED) is 0.617. The van der Waals surface area contributed by atoms with Crippen molar-refractivity contribution in [3.8, 4) is 11.5 Å². The molecule has 0 aliphatic carbocycles. The summed E-state index contributed by atoms with van der Waals surface area (Å²) in [6.07, 6.45) is 0. The van der Waals surface area contributed by atoms with Crippen molar-refractivity contribution in [3.05, 3.63) is 52.0 Å². The van der Waals surface area contributed by atoms with Crippen molar-refractivity contribution in [3.63, 3.8) is 0 Å². The second-order valence-electron chi connectivity index (χ2n) is 4.91. The van der Waals surface area contributed by atoms with Crippen molar-refractivity contribution in [2.24, 2.45) is 0 Å². The third kappa shape index (κ3) is 2.13. The van der Waals surface area contributed by atoms with Crippen LogP contribution in [0.15, 0.2) is 34.7 Å². The topological polar surface area (TPSA) is 26.0 Å². The van der Waals surface area contributed by atoms with Crippen LogP contribution in [0.1, 0.15) is 16.7 Å². The number of aryl methyl sites for hydroxylation is 3. The number of rotatable bonds is 1. The molecule has 2 nitrogen and oxygen atoms in total. The molecule has 0 atom stereocenters. The number of aromatic nitrogens is 1. The largest absolute Gasteiger partial charge is 0.436 e. The Hall–Kier alpha value is -1.80. The van der Waals surface area contributed by atoms with Crippen molar-refractivity contribution in [1.82, 2.24) is 4.98 Å². The number of oxazole rings is 1. The number of fused-ring (bicyclic) bond motifs is 1. The zero-order valence-electron chi connectivity index (χ0n) is 11.1. The summed E-state index contributed by atoms with van der Waals surface area (Å²) in [5.74, 6) is 0.642. The van der Waals surface area contributed by atoms with E-state index in [9.17, 15) is 0 Å². The molecule has 0 unspecified atom stereocenters. The first-order valence-corrected chi connectivity index (χ1v) is 6.57. The summed E-state index contributed by atoms with van der Waals surface area (Å²) in [7, 11) is 0. The SMILES string of the molecule is Cc1ccc2oc(-c3cc(C)c(Cl)c(C)c3)nc2c1. The highest BCUT2D eigenvalue weighted by Gasteiger charge is 2.11. The van der Waals surface area contributed by atoms with E-state index in [0.717, 1.165) is 32.8 Å². The van der Waals surface area contributed by atoms with Crippen LogP contribution in [0.3, 0.4) is 0 Å². The molecule has 1 heterocycles. The standard InChI is InChI=1S/C16H14ClNO/c1-9-4-5-14-13(6-9)18-16(19-14)12-7-10(2)15(17)11(3)8-12/h4-8H,1-3H3. The molecule has 0 bridgehead atoms. The van der Waals surface area contributed by atoms with Gasteiger partial charge in [-0.1, -0.05) is 17.7 Å². The molecular weight excluding hydrogens is 258 g/mol. The first-order chi connectivity index (χ1) is 9.04. The number of halogens is 1. The molecule has 0 saturated heterocycles. The summed E-state index contributed by atoms with van der Waals surface area (Å²) in [6, 6.07) is 10.0. The molecule has 3 aromatic rings. The summed E-state index contributed by atoms with van der Waals surface area (Å²) in [6.45, 7) is 6.03. The molecule has 0 aliphatic rings. The Balaban J connectivity index is 2.19. The summed E-state index contributed by atoms with van der Waals surface area (Å²) >= 11 is 6.19. The zero-order chi connectivity index (χ0) is 13.6. The fourth-order valence-corrected chi connectivity index (χ4v) is 2.34. The minimum atomic E-state index is 0.642. The molecule has 2 aromatic carbocycles. The van der Waals surface area contributed by atoms with Gasteiger partial charge in [0.15, 0.2) is 5.58 Å². The van der Waals surface area contributed by atoms with Gasteiger partial charge in [-0.25, -0.2) is 4.98 Å². The average molecular weight is 272 g/mol. The van der Waals surface area contributed by atoms with E-state index in [1.807, 2.05) is 51.1 Å². The molecule has 19 heavy (non-hydrogen) atoms. The molecule has 3 rings (SSSR count). The summed E-state index contributed by atoms with van der Waals surface area (Å²) < 4.78 is 5.80. The Labute approximate surface area is 117 Å². The lowest BCUT2D eigenvalue weighted by atomic mass is 10.1.